The first-order chi connectivity index (χ1) is 9.02. The number of hydrogen-bond donors (Lipinski definition) is 1. The van der Waals surface area contributed by atoms with Crippen LogP contribution in [0.2, 0.25) is 0 Å². The maximum atomic E-state index is 5.63. The van der Waals surface area contributed by atoms with E-state index >= 15 is 0 Å². The molecule has 102 valence electrons. The Morgan fingerprint density at radius 1 is 1.21 bits per heavy atom. The van der Waals surface area contributed by atoms with Crippen LogP contribution in [0.5, 0.6) is 0 Å². The van der Waals surface area contributed by atoms with Crippen molar-refractivity contribution in [2.75, 3.05) is 6.54 Å². The predicted molar refractivity (Wildman–Crippen MR) is 79.4 cm³/mol. The van der Waals surface area contributed by atoms with E-state index in [0.717, 1.165) is 18.7 Å². The van der Waals surface area contributed by atoms with Gasteiger partial charge < -0.3 is 10.3 Å². The highest BCUT2D eigenvalue weighted by molar-refractivity contribution is 5.34. The zero-order chi connectivity index (χ0) is 14.0. The summed E-state index contributed by atoms with van der Waals surface area (Å²) in [5.74, 6) is 1.08. The van der Waals surface area contributed by atoms with Gasteiger partial charge in [0.1, 0.15) is 5.82 Å². The van der Waals surface area contributed by atoms with Crippen LogP contribution in [0.25, 0.3) is 0 Å². The van der Waals surface area contributed by atoms with Gasteiger partial charge in [-0.2, -0.15) is 0 Å². The predicted octanol–water partition coefficient (Wildman–Crippen LogP) is 2.44. The lowest BCUT2D eigenvalue weighted by Crippen LogP contribution is -2.08. The quantitative estimate of drug-likeness (QED) is 0.914. The van der Waals surface area contributed by atoms with Crippen LogP contribution in [0, 0.1) is 20.8 Å². The van der Waals surface area contributed by atoms with Crippen molar-refractivity contribution in [3.63, 3.8) is 0 Å². The van der Waals surface area contributed by atoms with E-state index in [0.29, 0.717) is 6.54 Å². The molecule has 0 amide bonds. The van der Waals surface area contributed by atoms with E-state index < -0.39 is 0 Å². The summed E-state index contributed by atoms with van der Waals surface area (Å²) in [5, 5.41) is 0. The Morgan fingerprint density at radius 3 is 2.63 bits per heavy atom. The molecule has 0 bridgehead atoms. The number of rotatable bonds is 4. The second-order valence-electron chi connectivity index (χ2n) is 5.26. The average Bonchev–Trinajstić information content (AvgIpc) is 2.63. The van der Waals surface area contributed by atoms with Crippen LogP contribution in [0.15, 0.2) is 18.2 Å². The number of aromatic nitrogens is 2. The number of hydrogen-bond acceptors (Lipinski definition) is 2. The Balaban J connectivity index is 2.33. The molecular formula is C16H23N3. The molecule has 0 unspecified atom stereocenters. The van der Waals surface area contributed by atoms with Crippen molar-refractivity contribution in [2.24, 2.45) is 12.8 Å². The van der Waals surface area contributed by atoms with Crippen LogP contribution in [-0.4, -0.2) is 16.1 Å². The van der Waals surface area contributed by atoms with Gasteiger partial charge in [-0.05, 0) is 38.4 Å². The molecule has 3 heteroatoms. The second kappa shape index (κ2) is 5.57. The summed E-state index contributed by atoms with van der Waals surface area (Å²) in [6.45, 7) is 7.07. The fraction of sp³-hybridized carbons (Fsp3) is 0.438. The first-order valence-electron chi connectivity index (χ1n) is 6.80. The van der Waals surface area contributed by atoms with Crippen LogP contribution < -0.4 is 5.73 Å². The monoisotopic (exact) mass is 257 g/mol. The van der Waals surface area contributed by atoms with E-state index in [2.05, 4.69) is 50.6 Å². The lowest BCUT2D eigenvalue weighted by molar-refractivity contribution is 0.761. The molecule has 0 fully saturated rings. The van der Waals surface area contributed by atoms with Crippen molar-refractivity contribution >= 4 is 0 Å². The number of imidazole rings is 1. The largest absolute Gasteiger partial charge is 0.335 e. The number of aryl methyl sites for hydroxylation is 2. The van der Waals surface area contributed by atoms with E-state index in [-0.39, 0.29) is 0 Å². The van der Waals surface area contributed by atoms with Gasteiger partial charge in [-0.25, -0.2) is 4.98 Å². The molecule has 0 radical (unpaired) electrons. The molecule has 1 aromatic heterocycles. The van der Waals surface area contributed by atoms with Crippen molar-refractivity contribution in [3.8, 4) is 0 Å². The van der Waals surface area contributed by atoms with Crippen LogP contribution in [0.4, 0.5) is 0 Å². The molecule has 3 nitrogen and oxygen atoms in total. The maximum absolute atomic E-state index is 5.63. The highest BCUT2D eigenvalue weighted by Crippen LogP contribution is 2.18. The number of nitrogens with two attached hydrogens (primary N) is 1. The third-order valence-corrected chi connectivity index (χ3v) is 3.80. The minimum Gasteiger partial charge on any atom is -0.335 e. The van der Waals surface area contributed by atoms with Crippen LogP contribution in [0.3, 0.4) is 0 Å². The molecule has 1 aromatic carbocycles. The highest BCUT2D eigenvalue weighted by atomic mass is 15.1. The number of benzene rings is 1. The van der Waals surface area contributed by atoms with E-state index in [1.165, 1.54) is 28.1 Å². The van der Waals surface area contributed by atoms with Gasteiger partial charge in [-0.3, -0.25) is 0 Å². The minimum atomic E-state index is 0.646. The normalized spacial score (nSPS) is 11.0. The van der Waals surface area contributed by atoms with Crippen molar-refractivity contribution in [3.05, 3.63) is 52.1 Å². The molecule has 0 saturated carbocycles. The first kappa shape index (κ1) is 13.8. The van der Waals surface area contributed by atoms with Crippen molar-refractivity contribution < 1.29 is 0 Å². The van der Waals surface area contributed by atoms with Crippen LogP contribution in [-0.2, 0) is 19.9 Å². The smallest absolute Gasteiger partial charge is 0.110 e. The van der Waals surface area contributed by atoms with E-state index in [1.54, 1.807) is 0 Å². The summed E-state index contributed by atoms with van der Waals surface area (Å²) in [6, 6.07) is 6.60. The topological polar surface area (TPSA) is 43.8 Å². The molecule has 0 atom stereocenters. The molecule has 1 heterocycles. The van der Waals surface area contributed by atoms with Gasteiger partial charge in [0.15, 0.2) is 0 Å². The summed E-state index contributed by atoms with van der Waals surface area (Å²) in [6.07, 6.45) is 1.74. The zero-order valence-corrected chi connectivity index (χ0v) is 12.3. The molecule has 0 aliphatic rings. The molecule has 19 heavy (non-hydrogen) atoms. The van der Waals surface area contributed by atoms with E-state index in [9.17, 15) is 0 Å². The average molecular weight is 257 g/mol. The number of nitrogens with zero attached hydrogens (tertiary/aromatic N) is 2. The zero-order valence-electron chi connectivity index (χ0n) is 12.3. The standard InChI is InChI=1S/C16H23N3/c1-11-5-6-12(2)14(9-11)10-15-13(3)19(4)16(18-15)7-8-17/h5-6,9H,7-8,10,17H2,1-4H3. The summed E-state index contributed by atoms with van der Waals surface area (Å²) < 4.78 is 2.16. The lowest BCUT2D eigenvalue weighted by Gasteiger charge is -2.06. The Kier molecular flexibility index (Phi) is 4.05. The van der Waals surface area contributed by atoms with E-state index in [1.807, 2.05) is 0 Å². The maximum Gasteiger partial charge on any atom is 0.110 e. The molecule has 0 aliphatic carbocycles. The Bertz CT molecular complexity index is 582. The van der Waals surface area contributed by atoms with Gasteiger partial charge in [0.2, 0.25) is 0 Å². The SMILES string of the molecule is Cc1ccc(C)c(Cc2nc(CCN)n(C)c2C)c1. The van der Waals surface area contributed by atoms with Gasteiger partial charge in [-0.1, -0.05) is 23.8 Å². The molecular weight excluding hydrogens is 234 g/mol. The molecule has 2 rings (SSSR count). The third-order valence-electron chi connectivity index (χ3n) is 3.80. The summed E-state index contributed by atoms with van der Waals surface area (Å²) in [4.78, 5) is 4.75. The lowest BCUT2D eigenvalue weighted by atomic mass is 10.0. The molecule has 0 spiro atoms. The summed E-state index contributed by atoms with van der Waals surface area (Å²) >= 11 is 0. The van der Waals surface area contributed by atoms with Crippen molar-refractivity contribution in [1.29, 1.82) is 0 Å². The minimum absolute atomic E-state index is 0.646. The van der Waals surface area contributed by atoms with Gasteiger partial charge >= 0.3 is 0 Å². The van der Waals surface area contributed by atoms with E-state index in [4.69, 9.17) is 10.7 Å². The molecule has 2 aromatic rings. The van der Waals surface area contributed by atoms with Gasteiger partial charge in [-0.15, -0.1) is 0 Å². The molecule has 0 aliphatic heterocycles. The molecule has 0 saturated heterocycles. The van der Waals surface area contributed by atoms with Crippen LogP contribution in [0.1, 0.15) is 33.9 Å². The Labute approximate surface area is 115 Å². The second-order valence-corrected chi connectivity index (χ2v) is 5.26. The highest BCUT2D eigenvalue weighted by Gasteiger charge is 2.12. The van der Waals surface area contributed by atoms with Crippen molar-refractivity contribution in [1.82, 2.24) is 9.55 Å². The Hall–Kier alpha value is -1.61. The van der Waals surface area contributed by atoms with Gasteiger partial charge in [0.05, 0.1) is 5.69 Å². The third kappa shape index (κ3) is 2.87. The fourth-order valence-corrected chi connectivity index (χ4v) is 2.39. The van der Waals surface area contributed by atoms with Gasteiger partial charge in [0.25, 0.3) is 0 Å². The van der Waals surface area contributed by atoms with Crippen LogP contribution >= 0.6 is 0 Å². The molecule has 2 N–H and O–H groups in total. The summed E-state index contributed by atoms with van der Waals surface area (Å²) in [7, 11) is 2.07. The summed E-state index contributed by atoms with van der Waals surface area (Å²) in [5.41, 5.74) is 12.0. The van der Waals surface area contributed by atoms with Crippen molar-refractivity contribution in [2.45, 2.75) is 33.6 Å². The Morgan fingerprint density at radius 2 is 1.95 bits per heavy atom. The first-order valence-corrected chi connectivity index (χ1v) is 6.80. The fourth-order valence-electron chi connectivity index (χ4n) is 2.39. The van der Waals surface area contributed by atoms with Gasteiger partial charge in [0, 0.05) is 25.6 Å².